The van der Waals surface area contributed by atoms with E-state index in [0.717, 1.165) is 43.9 Å². The number of nitrogens with two attached hydrogens (primary N) is 1. The fourth-order valence-corrected chi connectivity index (χ4v) is 2.37. The molecular weight excluding hydrogens is 220 g/mol. The molecule has 2 nitrogen and oxygen atoms in total. The zero-order valence-corrected chi connectivity index (χ0v) is 10.3. The van der Waals surface area contributed by atoms with Crippen LogP contribution >= 0.6 is 11.6 Å². The monoisotopic (exact) mass is 238 g/mol. The van der Waals surface area contributed by atoms with Gasteiger partial charge in [0.1, 0.15) is 0 Å². The van der Waals surface area contributed by atoms with Crippen molar-refractivity contribution in [1.29, 1.82) is 0 Å². The number of piperidine rings is 1. The highest BCUT2D eigenvalue weighted by molar-refractivity contribution is 6.30. The van der Waals surface area contributed by atoms with Crippen LogP contribution < -0.4 is 5.73 Å². The summed E-state index contributed by atoms with van der Waals surface area (Å²) in [6.45, 7) is 3.40. The second-order valence-electron chi connectivity index (χ2n) is 4.56. The normalized spacial score (nSPS) is 18.9. The van der Waals surface area contributed by atoms with E-state index in [1.54, 1.807) is 0 Å². The van der Waals surface area contributed by atoms with Gasteiger partial charge in [-0.2, -0.15) is 0 Å². The van der Waals surface area contributed by atoms with Crippen molar-refractivity contribution in [2.24, 2.45) is 5.73 Å². The number of hydrogen-bond acceptors (Lipinski definition) is 2. The smallest absolute Gasteiger partial charge is 0.0408 e. The quantitative estimate of drug-likeness (QED) is 0.876. The maximum absolute atomic E-state index is 5.96. The summed E-state index contributed by atoms with van der Waals surface area (Å²) in [5.41, 5.74) is 7.20. The number of halogens is 1. The van der Waals surface area contributed by atoms with Gasteiger partial charge < -0.3 is 10.6 Å². The van der Waals surface area contributed by atoms with E-state index in [-0.39, 0.29) is 0 Å². The van der Waals surface area contributed by atoms with Crippen LogP contribution in [0.1, 0.15) is 18.4 Å². The molecule has 0 amide bonds. The van der Waals surface area contributed by atoms with E-state index in [2.05, 4.69) is 17.0 Å². The number of hydrogen-bond donors (Lipinski definition) is 1. The molecule has 1 saturated heterocycles. The summed E-state index contributed by atoms with van der Waals surface area (Å²) in [6, 6.07) is 8.55. The molecule has 88 valence electrons. The largest absolute Gasteiger partial charge is 0.328 e. The minimum Gasteiger partial charge on any atom is -0.328 e. The number of benzene rings is 1. The average molecular weight is 239 g/mol. The van der Waals surface area contributed by atoms with Gasteiger partial charge in [-0.05, 0) is 50.0 Å². The molecule has 2 rings (SSSR count). The van der Waals surface area contributed by atoms with Gasteiger partial charge in [-0.1, -0.05) is 23.7 Å². The molecule has 16 heavy (non-hydrogen) atoms. The molecule has 1 aliphatic rings. The lowest BCUT2D eigenvalue weighted by Crippen LogP contribution is -2.40. The van der Waals surface area contributed by atoms with Crippen LogP contribution in [0.15, 0.2) is 24.3 Å². The molecule has 2 N–H and O–H groups in total. The van der Waals surface area contributed by atoms with Crippen molar-refractivity contribution in [3.05, 3.63) is 34.9 Å². The first kappa shape index (κ1) is 11.9. The van der Waals surface area contributed by atoms with E-state index in [0.29, 0.717) is 6.04 Å². The maximum atomic E-state index is 5.96. The van der Waals surface area contributed by atoms with E-state index in [4.69, 9.17) is 17.3 Å². The van der Waals surface area contributed by atoms with E-state index < -0.39 is 0 Å². The first-order valence-corrected chi connectivity index (χ1v) is 6.34. The topological polar surface area (TPSA) is 29.3 Å². The van der Waals surface area contributed by atoms with Crippen LogP contribution in [0.4, 0.5) is 0 Å². The van der Waals surface area contributed by atoms with Gasteiger partial charge in [0.15, 0.2) is 0 Å². The minimum absolute atomic E-state index is 0.419. The summed E-state index contributed by atoms with van der Waals surface area (Å²) in [4.78, 5) is 2.49. The van der Waals surface area contributed by atoms with Crippen LogP contribution in [0, 0.1) is 0 Å². The maximum Gasteiger partial charge on any atom is 0.0408 e. The molecule has 1 fully saturated rings. The Morgan fingerprint density at radius 2 is 2.06 bits per heavy atom. The Balaban J connectivity index is 1.79. The van der Waals surface area contributed by atoms with E-state index in [9.17, 15) is 0 Å². The predicted molar refractivity (Wildman–Crippen MR) is 68.8 cm³/mol. The van der Waals surface area contributed by atoms with Crippen LogP contribution in [-0.4, -0.2) is 30.6 Å². The van der Waals surface area contributed by atoms with Crippen LogP contribution in [0.2, 0.25) is 5.02 Å². The Morgan fingerprint density at radius 1 is 1.31 bits per heavy atom. The number of nitrogens with zero attached hydrogens (tertiary/aromatic N) is 1. The fourth-order valence-electron chi connectivity index (χ4n) is 2.16. The Bertz CT molecular complexity index is 332. The summed E-state index contributed by atoms with van der Waals surface area (Å²) in [6.07, 6.45) is 3.35. The molecule has 0 bridgehead atoms. The van der Waals surface area contributed by atoms with Crippen molar-refractivity contribution in [2.45, 2.75) is 25.3 Å². The first-order valence-electron chi connectivity index (χ1n) is 5.96. The molecule has 1 aliphatic heterocycles. The van der Waals surface area contributed by atoms with Crippen molar-refractivity contribution in [2.75, 3.05) is 19.6 Å². The van der Waals surface area contributed by atoms with Gasteiger partial charge in [0.05, 0.1) is 0 Å². The summed E-state index contributed by atoms with van der Waals surface area (Å²) >= 11 is 5.96. The molecule has 1 heterocycles. The van der Waals surface area contributed by atoms with Gasteiger partial charge in [0.25, 0.3) is 0 Å². The second-order valence-corrected chi connectivity index (χ2v) is 5.00. The van der Waals surface area contributed by atoms with Gasteiger partial charge in [0.2, 0.25) is 0 Å². The number of rotatable bonds is 3. The van der Waals surface area contributed by atoms with Crippen LogP contribution in [0.5, 0.6) is 0 Å². The minimum atomic E-state index is 0.419. The van der Waals surface area contributed by atoms with Crippen molar-refractivity contribution >= 4 is 11.6 Å². The lowest BCUT2D eigenvalue weighted by atomic mass is 10.1. The summed E-state index contributed by atoms with van der Waals surface area (Å²) in [5, 5.41) is 0.832. The molecule has 1 aromatic carbocycles. The molecular formula is C13H19ClN2. The summed E-state index contributed by atoms with van der Waals surface area (Å²) < 4.78 is 0. The van der Waals surface area contributed by atoms with Gasteiger partial charge in [-0.25, -0.2) is 0 Å². The highest BCUT2D eigenvalue weighted by Gasteiger charge is 2.15. The zero-order chi connectivity index (χ0) is 11.4. The lowest BCUT2D eigenvalue weighted by molar-refractivity contribution is 0.215. The molecule has 1 aromatic rings. The molecule has 0 unspecified atom stereocenters. The molecule has 0 aliphatic carbocycles. The van der Waals surface area contributed by atoms with Gasteiger partial charge in [-0.15, -0.1) is 0 Å². The first-order chi connectivity index (χ1) is 7.74. The molecule has 0 saturated carbocycles. The zero-order valence-electron chi connectivity index (χ0n) is 9.53. The van der Waals surface area contributed by atoms with Crippen molar-refractivity contribution in [1.82, 2.24) is 4.90 Å². The molecule has 0 spiro atoms. The Labute approximate surface area is 102 Å². The van der Waals surface area contributed by atoms with Crippen LogP contribution in [-0.2, 0) is 6.42 Å². The van der Waals surface area contributed by atoms with E-state index >= 15 is 0 Å². The van der Waals surface area contributed by atoms with Gasteiger partial charge >= 0.3 is 0 Å². The predicted octanol–water partition coefficient (Wildman–Crippen LogP) is 2.31. The van der Waals surface area contributed by atoms with E-state index in [1.807, 2.05) is 12.1 Å². The van der Waals surface area contributed by atoms with E-state index in [1.165, 1.54) is 5.56 Å². The highest BCUT2D eigenvalue weighted by atomic mass is 35.5. The standard InChI is InChI=1S/C13H19ClN2/c14-12-3-1-2-11(10-12)4-7-16-8-5-13(15)6-9-16/h1-3,10,13H,4-9,15H2. The van der Waals surface area contributed by atoms with Crippen LogP contribution in [0.3, 0.4) is 0 Å². The average Bonchev–Trinajstić information content (AvgIpc) is 2.28. The van der Waals surface area contributed by atoms with Crippen molar-refractivity contribution in [3.63, 3.8) is 0 Å². The molecule has 0 aromatic heterocycles. The summed E-state index contributed by atoms with van der Waals surface area (Å²) in [7, 11) is 0. The Morgan fingerprint density at radius 3 is 2.75 bits per heavy atom. The summed E-state index contributed by atoms with van der Waals surface area (Å²) in [5.74, 6) is 0. The second kappa shape index (κ2) is 5.67. The molecule has 3 heteroatoms. The van der Waals surface area contributed by atoms with Crippen molar-refractivity contribution in [3.8, 4) is 0 Å². The Hall–Kier alpha value is -0.570. The Kier molecular flexibility index (Phi) is 4.22. The molecule has 0 radical (unpaired) electrons. The lowest BCUT2D eigenvalue weighted by Gasteiger charge is -2.29. The van der Waals surface area contributed by atoms with Gasteiger partial charge in [0, 0.05) is 17.6 Å². The van der Waals surface area contributed by atoms with Crippen molar-refractivity contribution < 1.29 is 0 Å². The van der Waals surface area contributed by atoms with Gasteiger partial charge in [-0.3, -0.25) is 0 Å². The third-order valence-corrected chi connectivity index (χ3v) is 3.47. The van der Waals surface area contributed by atoms with Crippen LogP contribution in [0.25, 0.3) is 0 Å². The third kappa shape index (κ3) is 3.48. The SMILES string of the molecule is NC1CCN(CCc2cccc(Cl)c2)CC1. The molecule has 0 atom stereocenters. The fraction of sp³-hybridized carbons (Fsp3) is 0.538. The number of likely N-dealkylation sites (tertiary alicyclic amines) is 1. The highest BCUT2D eigenvalue weighted by Crippen LogP contribution is 2.13. The third-order valence-electron chi connectivity index (χ3n) is 3.24.